The summed E-state index contributed by atoms with van der Waals surface area (Å²) in [6, 6.07) is 4.96. The van der Waals surface area contributed by atoms with Crippen LogP contribution in [0.2, 0.25) is 10.0 Å². The summed E-state index contributed by atoms with van der Waals surface area (Å²) in [5.41, 5.74) is 0. The first-order valence-electron chi connectivity index (χ1n) is 8.11. The first kappa shape index (κ1) is 18.0. The fraction of sp³-hybridized carbons (Fsp3) is 0.412. The van der Waals surface area contributed by atoms with E-state index in [4.69, 9.17) is 27.9 Å². The molecule has 1 atom stereocenters. The number of aromatic nitrogens is 2. The number of rotatable bonds is 5. The third kappa shape index (κ3) is 4.26. The molecule has 1 aromatic carbocycles. The second kappa shape index (κ2) is 8.08. The molecule has 1 fully saturated rings. The van der Waals surface area contributed by atoms with E-state index in [0.29, 0.717) is 28.9 Å². The lowest BCUT2D eigenvalue weighted by molar-refractivity contribution is -0.135. The molecule has 25 heavy (non-hydrogen) atoms. The monoisotopic (exact) mass is 382 g/mol. The number of hydrogen-bond donors (Lipinski definition) is 1. The van der Waals surface area contributed by atoms with Gasteiger partial charge < -0.3 is 19.5 Å². The van der Waals surface area contributed by atoms with Gasteiger partial charge in [0.15, 0.2) is 0 Å². The highest BCUT2D eigenvalue weighted by Crippen LogP contribution is 2.28. The molecule has 0 spiro atoms. The summed E-state index contributed by atoms with van der Waals surface area (Å²) < 4.78 is 7.57. The minimum Gasteiger partial charge on any atom is -0.491 e. The van der Waals surface area contributed by atoms with Crippen molar-refractivity contribution >= 4 is 29.1 Å². The second-order valence-electron chi connectivity index (χ2n) is 5.88. The van der Waals surface area contributed by atoms with E-state index in [1.807, 2.05) is 22.7 Å². The van der Waals surface area contributed by atoms with Crippen LogP contribution in [0.3, 0.4) is 0 Å². The van der Waals surface area contributed by atoms with Crippen molar-refractivity contribution in [3.63, 3.8) is 0 Å². The van der Waals surface area contributed by atoms with Crippen LogP contribution in [0, 0.1) is 0 Å². The van der Waals surface area contributed by atoms with Gasteiger partial charge in [0.1, 0.15) is 17.6 Å². The van der Waals surface area contributed by atoms with Gasteiger partial charge in [-0.15, -0.1) is 0 Å². The molecule has 3 rings (SSSR count). The van der Waals surface area contributed by atoms with Gasteiger partial charge in [-0.3, -0.25) is 4.79 Å². The van der Waals surface area contributed by atoms with Crippen LogP contribution in [0.1, 0.15) is 18.3 Å². The summed E-state index contributed by atoms with van der Waals surface area (Å²) in [4.78, 5) is 18.9. The van der Waals surface area contributed by atoms with Crippen molar-refractivity contribution < 1.29 is 9.53 Å². The van der Waals surface area contributed by atoms with Crippen LogP contribution in [0.15, 0.2) is 30.6 Å². The molecule has 0 bridgehead atoms. The zero-order chi connectivity index (χ0) is 17.8. The molecule has 6 nitrogen and oxygen atoms in total. The van der Waals surface area contributed by atoms with Crippen LogP contribution < -0.4 is 10.1 Å². The number of imidazole rings is 1. The molecule has 1 aliphatic heterocycles. The van der Waals surface area contributed by atoms with Gasteiger partial charge in [0.05, 0.1) is 18.1 Å². The molecule has 8 heteroatoms. The van der Waals surface area contributed by atoms with Crippen molar-refractivity contribution in [2.45, 2.75) is 12.5 Å². The van der Waals surface area contributed by atoms with E-state index in [0.717, 1.165) is 12.4 Å². The molecule has 1 aliphatic rings. The number of hydrogen-bond acceptors (Lipinski definition) is 4. The number of nitrogens with zero attached hydrogens (tertiary/aromatic N) is 3. The van der Waals surface area contributed by atoms with Gasteiger partial charge in [-0.1, -0.05) is 23.2 Å². The molecule has 2 aromatic rings. The number of nitrogens with one attached hydrogen (secondary N) is 1. The molecule has 0 aliphatic carbocycles. The largest absolute Gasteiger partial charge is 0.491 e. The molecule has 1 N–H and O–H groups in total. The third-order valence-corrected chi connectivity index (χ3v) is 4.72. The Kier molecular flexibility index (Phi) is 5.83. The predicted octanol–water partition coefficient (Wildman–Crippen LogP) is 2.67. The van der Waals surface area contributed by atoms with Crippen LogP contribution in [0.25, 0.3) is 0 Å². The molecule has 0 radical (unpaired) electrons. The predicted molar refractivity (Wildman–Crippen MR) is 97.1 cm³/mol. The van der Waals surface area contributed by atoms with Crippen molar-refractivity contribution in [3.05, 3.63) is 46.5 Å². The topological polar surface area (TPSA) is 59.4 Å². The van der Waals surface area contributed by atoms with Crippen LogP contribution in [-0.4, -0.2) is 46.6 Å². The summed E-state index contributed by atoms with van der Waals surface area (Å²) >= 11 is 11.9. The Morgan fingerprint density at radius 1 is 1.44 bits per heavy atom. The van der Waals surface area contributed by atoms with Crippen LogP contribution in [-0.2, 0) is 11.8 Å². The summed E-state index contributed by atoms with van der Waals surface area (Å²) in [5.74, 6) is 1.45. The second-order valence-corrected chi connectivity index (χ2v) is 6.72. The summed E-state index contributed by atoms with van der Waals surface area (Å²) in [5, 5.41) is 4.31. The Morgan fingerprint density at radius 2 is 2.28 bits per heavy atom. The first-order valence-corrected chi connectivity index (χ1v) is 8.87. The number of benzene rings is 1. The highest BCUT2D eigenvalue weighted by atomic mass is 35.5. The molecular formula is C17H20Cl2N4O2. The van der Waals surface area contributed by atoms with Crippen LogP contribution in [0.5, 0.6) is 5.75 Å². The normalized spacial score (nSPS) is 17.6. The fourth-order valence-corrected chi connectivity index (χ4v) is 3.38. The number of carbonyl (C=O) groups excluding carboxylic acids is 1. The van der Waals surface area contributed by atoms with E-state index in [2.05, 4.69) is 10.3 Å². The quantitative estimate of drug-likeness (QED) is 0.863. The Balaban J connectivity index is 1.60. The van der Waals surface area contributed by atoms with Gasteiger partial charge in [0, 0.05) is 44.1 Å². The minimum absolute atomic E-state index is 0.0413. The van der Waals surface area contributed by atoms with Gasteiger partial charge in [0.25, 0.3) is 0 Å². The number of aryl methyl sites for hydroxylation is 1. The highest BCUT2D eigenvalue weighted by Gasteiger charge is 2.30. The molecule has 1 saturated heterocycles. The maximum atomic E-state index is 12.7. The maximum absolute atomic E-state index is 12.7. The Bertz CT molecular complexity index is 750. The summed E-state index contributed by atoms with van der Waals surface area (Å²) in [7, 11) is 1.94. The number of piperazine rings is 1. The van der Waals surface area contributed by atoms with Crippen molar-refractivity contribution in [3.8, 4) is 5.75 Å². The van der Waals surface area contributed by atoms with Gasteiger partial charge in [-0.2, -0.15) is 0 Å². The average Bonchev–Trinajstić information content (AvgIpc) is 3.02. The summed E-state index contributed by atoms with van der Waals surface area (Å²) in [6.45, 7) is 2.38. The van der Waals surface area contributed by atoms with Crippen molar-refractivity contribution in [1.82, 2.24) is 19.8 Å². The van der Waals surface area contributed by atoms with E-state index >= 15 is 0 Å². The molecule has 134 valence electrons. The molecule has 2 heterocycles. The van der Waals surface area contributed by atoms with E-state index in [1.54, 1.807) is 24.4 Å². The van der Waals surface area contributed by atoms with E-state index in [9.17, 15) is 4.79 Å². The number of carbonyl (C=O) groups is 1. The fourth-order valence-electron chi connectivity index (χ4n) is 2.92. The minimum atomic E-state index is -0.0691. The Hall–Kier alpha value is -1.76. The lowest BCUT2D eigenvalue weighted by Gasteiger charge is -2.35. The standard InChI is InChI=1S/C17H20Cl2N4O2/c1-22-7-6-21-17(22)14-11-20-5-8-23(14)16(24)4-9-25-15-3-2-12(18)10-13(15)19/h2-3,6-7,10,14,20H,4-5,8-9,11H2,1H3. The number of ether oxygens (including phenoxy) is 1. The van der Waals surface area contributed by atoms with Gasteiger partial charge in [-0.25, -0.2) is 4.98 Å². The first-order chi connectivity index (χ1) is 12.1. The third-order valence-electron chi connectivity index (χ3n) is 4.19. The lowest BCUT2D eigenvalue weighted by Crippen LogP contribution is -2.49. The van der Waals surface area contributed by atoms with Crippen LogP contribution >= 0.6 is 23.2 Å². The van der Waals surface area contributed by atoms with E-state index in [1.165, 1.54) is 0 Å². The summed E-state index contributed by atoms with van der Waals surface area (Å²) in [6.07, 6.45) is 3.91. The zero-order valence-electron chi connectivity index (χ0n) is 13.9. The SMILES string of the molecule is Cn1ccnc1C1CNCCN1C(=O)CCOc1ccc(Cl)cc1Cl. The van der Waals surface area contributed by atoms with Gasteiger partial charge in [-0.05, 0) is 18.2 Å². The average molecular weight is 383 g/mol. The Morgan fingerprint density at radius 3 is 3.00 bits per heavy atom. The van der Waals surface area contributed by atoms with E-state index in [-0.39, 0.29) is 25.0 Å². The molecular weight excluding hydrogens is 363 g/mol. The van der Waals surface area contributed by atoms with Gasteiger partial charge >= 0.3 is 0 Å². The zero-order valence-corrected chi connectivity index (χ0v) is 15.4. The highest BCUT2D eigenvalue weighted by molar-refractivity contribution is 6.35. The van der Waals surface area contributed by atoms with Gasteiger partial charge in [0.2, 0.25) is 5.91 Å². The smallest absolute Gasteiger partial charge is 0.226 e. The molecule has 1 aromatic heterocycles. The van der Waals surface area contributed by atoms with Crippen molar-refractivity contribution in [2.24, 2.45) is 7.05 Å². The number of halogens is 2. The molecule has 1 unspecified atom stereocenters. The van der Waals surface area contributed by atoms with Crippen molar-refractivity contribution in [2.75, 3.05) is 26.2 Å². The molecule has 1 amide bonds. The Labute approximate surface area is 156 Å². The number of amides is 1. The van der Waals surface area contributed by atoms with E-state index < -0.39 is 0 Å². The maximum Gasteiger partial charge on any atom is 0.226 e. The lowest BCUT2D eigenvalue weighted by atomic mass is 10.1. The van der Waals surface area contributed by atoms with Crippen molar-refractivity contribution in [1.29, 1.82) is 0 Å². The molecule has 0 saturated carbocycles. The van der Waals surface area contributed by atoms with Crippen LogP contribution in [0.4, 0.5) is 0 Å².